The summed E-state index contributed by atoms with van der Waals surface area (Å²) in [6.45, 7) is 2.13. The summed E-state index contributed by atoms with van der Waals surface area (Å²) in [5.41, 5.74) is 6.42. The number of likely N-dealkylation sites (tertiary alicyclic amines) is 1. The zero-order valence-electron chi connectivity index (χ0n) is 9.48. The number of Topliss-reactive ketones (excluding diaryl/α,β-unsaturated/α-hetero) is 1. The molecule has 1 fully saturated rings. The lowest BCUT2D eigenvalue weighted by molar-refractivity contribution is 0.0847. The summed E-state index contributed by atoms with van der Waals surface area (Å²) in [6, 6.07) is 4.06. The summed E-state index contributed by atoms with van der Waals surface area (Å²) < 4.78 is 0. The van der Waals surface area contributed by atoms with Crippen molar-refractivity contribution >= 4 is 5.78 Å². The highest BCUT2D eigenvalue weighted by molar-refractivity contribution is 5.95. The minimum absolute atomic E-state index is 0.158. The van der Waals surface area contributed by atoms with Crippen LogP contribution in [0.15, 0.2) is 18.3 Å². The molecule has 0 radical (unpaired) electrons. The second kappa shape index (κ2) is 5.27. The maximum absolute atomic E-state index is 11.9. The number of ketones is 1. The van der Waals surface area contributed by atoms with Crippen LogP contribution in [0.2, 0.25) is 0 Å². The lowest BCUT2D eigenvalue weighted by Crippen LogP contribution is -2.46. The van der Waals surface area contributed by atoms with Gasteiger partial charge in [0.25, 0.3) is 0 Å². The number of carbonyl (C=O) groups is 1. The van der Waals surface area contributed by atoms with Crippen LogP contribution < -0.4 is 5.73 Å². The highest BCUT2D eigenvalue weighted by Crippen LogP contribution is 2.16. The number of H-pyrrole nitrogens is 1. The molecule has 0 aliphatic carbocycles. The zero-order valence-corrected chi connectivity index (χ0v) is 9.48. The summed E-state index contributed by atoms with van der Waals surface area (Å²) in [7, 11) is 0. The molecule has 0 saturated carbocycles. The van der Waals surface area contributed by atoms with Gasteiger partial charge in [0.15, 0.2) is 5.78 Å². The predicted molar refractivity (Wildman–Crippen MR) is 63.4 cm³/mol. The molecule has 4 heteroatoms. The summed E-state index contributed by atoms with van der Waals surface area (Å²) in [6.07, 6.45) is 5.31. The van der Waals surface area contributed by atoms with E-state index >= 15 is 0 Å². The van der Waals surface area contributed by atoms with Gasteiger partial charge in [-0.1, -0.05) is 6.42 Å². The summed E-state index contributed by atoms with van der Waals surface area (Å²) in [4.78, 5) is 17.1. The molecule has 3 N–H and O–H groups in total. The molecule has 4 nitrogen and oxygen atoms in total. The molecule has 0 aromatic carbocycles. The molecule has 1 atom stereocenters. The average molecular weight is 221 g/mol. The summed E-state index contributed by atoms with van der Waals surface area (Å²) in [5, 5.41) is 0. The molecule has 16 heavy (non-hydrogen) atoms. The van der Waals surface area contributed by atoms with Crippen LogP contribution >= 0.6 is 0 Å². The minimum Gasteiger partial charge on any atom is -0.359 e. The van der Waals surface area contributed by atoms with E-state index < -0.39 is 0 Å². The van der Waals surface area contributed by atoms with Crippen molar-refractivity contribution in [1.82, 2.24) is 9.88 Å². The molecule has 0 amide bonds. The van der Waals surface area contributed by atoms with Crippen molar-refractivity contribution in [2.45, 2.75) is 25.3 Å². The van der Waals surface area contributed by atoms with Crippen LogP contribution in [0.25, 0.3) is 0 Å². The third kappa shape index (κ3) is 2.51. The lowest BCUT2D eigenvalue weighted by Gasteiger charge is -2.34. The van der Waals surface area contributed by atoms with E-state index in [0.29, 0.717) is 24.8 Å². The van der Waals surface area contributed by atoms with Crippen molar-refractivity contribution in [3.05, 3.63) is 24.0 Å². The molecule has 1 aliphatic rings. The number of aromatic amines is 1. The second-order valence-corrected chi connectivity index (χ2v) is 4.36. The van der Waals surface area contributed by atoms with Gasteiger partial charge in [-0.15, -0.1) is 0 Å². The van der Waals surface area contributed by atoms with Crippen molar-refractivity contribution < 1.29 is 4.79 Å². The molecule has 1 aliphatic heterocycles. The lowest BCUT2D eigenvalue weighted by atomic mass is 10.0. The Hall–Kier alpha value is -1.13. The van der Waals surface area contributed by atoms with E-state index in [-0.39, 0.29) is 5.78 Å². The molecule has 2 heterocycles. The summed E-state index contributed by atoms with van der Waals surface area (Å²) >= 11 is 0. The van der Waals surface area contributed by atoms with Gasteiger partial charge in [0.05, 0.1) is 12.2 Å². The van der Waals surface area contributed by atoms with Crippen LogP contribution in [-0.4, -0.2) is 41.3 Å². The molecular weight excluding hydrogens is 202 g/mol. The highest BCUT2D eigenvalue weighted by Gasteiger charge is 2.23. The van der Waals surface area contributed by atoms with Crippen molar-refractivity contribution in [3.63, 3.8) is 0 Å². The van der Waals surface area contributed by atoms with Crippen LogP contribution in [0, 0.1) is 0 Å². The van der Waals surface area contributed by atoms with E-state index in [0.717, 1.165) is 13.0 Å². The Morgan fingerprint density at radius 1 is 1.56 bits per heavy atom. The SMILES string of the molecule is NCC1CCCCN1CC(=O)c1ccc[nH]1. The Morgan fingerprint density at radius 3 is 3.12 bits per heavy atom. The third-order valence-electron chi connectivity index (χ3n) is 3.27. The molecular formula is C12H19N3O. The molecule has 1 unspecified atom stereocenters. The van der Waals surface area contributed by atoms with E-state index in [1.165, 1.54) is 12.8 Å². The van der Waals surface area contributed by atoms with Gasteiger partial charge in [0, 0.05) is 18.8 Å². The molecule has 0 spiro atoms. The quantitative estimate of drug-likeness (QED) is 0.746. The smallest absolute Gasteiger partial charge is 0.192 e. The first-order valence-electron chi connectivity index (χ1n) is 5.92. The Labute approximate surface area is 95.8 Å². The fourth-order valence-corrected chi connectivity index (χ4v) is 2.31. The number of nitrogens with one attached hydrogen (secondary N) is 1. The standard InChI is InChI=1S/C12H19N3O/c13-8-10-4-1-2-7-15(10)9-12(16)11-5-3-6-14-11/h3,5-6,10,14H,1-2,4,7-9,13H2. The maximum atomic E-state index is 11.9. The average Bonchev–Trinajstić information content (AvgIpc) is 2.83. The Bertz CT molecular complexity index is 334. The number of carbonyl (C=O) groups excluding carboxylic acids is 1. The second-order valence-electron chi connectivity index (χ2n) is 4.36. The fraction of sp³-hybridized carbons (Fsp3) is 0.583. The van der Waals surface area contributed by atoms with Gasteiger partial charge in [-0.05, 0) is 31.5 Å². The number of rotatable bonds is 4. The van der Waals surface area contributed by atoms with Crippen LogP contribution in [0.3, 0.4) is 0 Å². The molecule has 1 saturated heterocycles. The number of piperidine rings is 1. The van der Waals surface area contributed by atoms with Gasteiger partial charge in [0.2, 0.25) is 0 Å². The minimum atomic E-state index is 0.158. The maximum Gasteiger partial charge on any atom is 0.192 e. The van der Waals surface area contributed by atoms with Crippen molar-refractivity contribution in [1.29, 1.82) is 0 Å². The molecule has 1 aromatic rings. The van der Waals surface area contributed by atoms with Crippen LogP contribution in [0.1, 0.15) is 29.8 Å². The first kappa shape index (κ1) is 11.4. The van der Waals surface area contributed by atoms with Crippen molar-refractivity contribution in [2.75, 3.05) is 19.6 Å². The highest BCUT2D eigenvalue weighted by atomic mass is 16.1. The molecule has 1 aromatic heterocycles. The number of hydrogen-bond acceptors (Lipinski definition) is 3. The van der Waals surface area contributed by atoms with Gasteiger partial charge in [-0.2, -0.15) is 0 Å². The Balaban J connectivity index is 1.95. The van der Waals surface area contributed by atoms with Crippen molar-refractivity contribution in [2.24, 2.45) is 5.73 Å². The topological polar surface area (TPSA) is 62.1 Å². The van der Waals surface area contributed by atoms with Gasteiger partial charge in [0.1, 0.15) is 0 Å². The fourth-order valence-electron chi connectivity index (χ4n) is 2.31. The number of nitrogens with two attached hydrogens (primary N) is 1. The van der Waals surface area contributed by atoms with E-state index in [9.17, 15) is 4.79 Å². The number of nitrogens with zero attached hydrogens (tertiary/aromatic N) is 1. The third-order valence-corrected chi connectivity index (χ3v) is 3.27. The number of aromatic nitrogens is 1. The molecule has 88 valence electrons. The largest absolute Gasteiger partial charge is 0.359 e. The van der Waals surface area contributed by atoms with Gasteiger partial charge in [-0.3, -0.25) is 9.69 Å². The van der Waals surface area contributed by atoms with Gasteiger partial charge >= 0.3 is 0 Å². The van der Waals surface area contributed by atoms with Crippen molar-refractivity contribution in [3.8, 4) is 0 Å². The van der Waals surface area contributed by atoms with Crippen LogP contribution in [0.5, 0.6) is 0 Å². The Morgan fingerprint density at radius 2 is 2.44 bits per heavy atom. The first-order valence-corrected chi connectivity index (χ1v) is 5.92. The summed E-state index contributed by atoms with van der Waals surface area (Å²) in [5.74, 6) is 0.158. The van der Waals surface area contributed by atoms with Crippen LogP contribution in [-0.2, 0) is 0 Å². The monoisotopic (exact) mass is 221 g/mol. The normalized spacial score (nSPS) is 22.2. The van der Waals surface area contributed by atoms with Crippen LogP contribution in [0.4, 0.5) is 0 Å². The Kier molecular flexibility index (Phi) is 3.74. The van der Waals surface area contributed by atoms with Gasteiger partial charge < -0.3 is 10.7 Å². The molecule has 2 rings (SSSR count). The van der Waals surface area contributed by atoms with E-state index in [1.54, 1.807) is 6.20 Å². The van der Waals surface area contributed by atoms with Gasteiger partial charge in [-0.25, -0.2) is 0 Å². The van der Waals surface area contributed by atoms with E-state index in [2.05, 4.69) is 9.88 Å². The number of hydrogen-bond donors (Lipinski definition) is 2. The van der Waals surface area contributed by atoms with E-state index in [1.807, 2.05) is 12.1 Å². The van der Waals surface area contributed by atoms with E-state index in [4.69, 9.17) is 5.73 Å². The predicted octanol–water partition coefficient (Wildman–Crippen LogP) is 1.01. The molecule has 0 bridgehead atoms. The first-order chi connectivity index (χ1) is 7.81. The zero-order chi connectivity index (χ0) is 11.4.